The summed E-state index contributed by atoms with van der Waals surface area (Å²) < 4.78 is 38.7. The third-order valence-corrected chi connectivity index (χ3v) is 1.86. The van der Waals surface area contributed by atoms with Crippen LogP contribution < -0.4 is 0 Å². The maximum absolute atomic E-state index is 13.0. The van der Waals surface area contributed by atoms with Crippen LogP contribution in [0.3, 0.4) is 0 Å². The molecule has 0 aliphatic heterocycles. The van der Waals surface area contributed by atoms with Crippen molar-refractivity contribution in [1.82, 2.24) is 0 Å². The molecule has 1 aromatic rings. The Morgan fingerprint density at radius 1 is 1.36 bits per heavy atom. The average Bonchev–Trinajstić information content (AvgIpc) is 2.01. The lowest BCUT2D eigenvalue weighted by Crippen LogP contribution is -2.13. The molecule has 0 fully saturated rings. The number of benzene rings is 1. The van der Waals surface area contributed by atoms with Crippen LogP contribution in [0.5, 0.6) is 0 Å². The molecule has 76 valence electrons. The summed E-state index contributed by atoms with van der Waals surface area (Å²) in [6.45, 7) is 2.08. The minimum atomic E-state index is -3.05. The van der Waals surface area contributed by atoms with Crippen LogP contribution in [0.25, 0.3) is 0 Å². The molecule has 1 aromatic carbocycles. The van der Waals surface area contributed by atoms with Crippen molar-refractivity contribution in [2.45, 2.75) is 19.8 Å². The Kier molecular flexibility index (Phi) is 2.64. The monoisotopic (exact) mass is 201 g/mol. The van der Waals surface area contributed by atoms with Crippen molar-refractivity contribution in [2.75, 3.05) is 0 Å². The van der Waals surface area contributed by atoms with E-state index < -0.39 is 11.7 Å². The topological polar surface area (TPSA) is 23.9 Å². The standard InChI is InChI=1S/C10H10F3N/c1-6(14)8-5-7(11)3-4-9(8)10(2,12)13/h3-5,14H,1-2H3. The van der Waals surface area contributed by atoms with Gasteiger partial charge in [0.25, 0.3) is 5.92 Å². The van der Waals surface area contributed by atoms with Gasteiger partial charge in [-0.15, -0.1) is 0 Å². The van der Waals surface area contributed by atoms with Gasteiger partial charge < -0.3 is 5.41 Å². The molecule has 0 bridgehead atoms. The van der Waals surface area contributed by atoms with Crippen molar-refractivity contribution in [1.29, 1.82) is 5.41 Å². The second kappa shape index (κ2) is 3.44. The van der Waals surface area contributed by atoms with Crippen molar-refractivity contribution in [3.05, 3.63) is 35.1 Å². The molecule has 4 heteroatoms. The molecule has 1 nitrogen and oxygen atoms in total. The molecular weight excluding hydrogens is 191 g/mol. The van der Waals surface area contributed by atoms with Gasteiger partial charge in [-0.05, 0) is 25.1 Å². The highest BCUT2D eigenvalue weighted by atomic mass is 19.3. The fourth-order valence-electron chi connectivity index (χ4n) is 1.21. The number of halogens is 3. The average molecular weight is 201 g/mol. The number of rotatable bonds is 2. The third kappa shape index (κ3) is 2.13. The van der Waals surface area contributed by atoms with Crippen LogP contribution in [0.4, 0.5) is 13.2 Å². The Hall–Kier alpha value is -1.32. The zero-order valence-electron chi connectivity index (χ0n) is 7.87. The Balaban J connectivity index is 3.37. The van der Waals surface area contributed by atoms with Crippen molar-refractivity contribution >= 4 is 5.71 Å². The molecule has 0 radical (unpaired) electrons. The van der Waals surface area contributed by atoms with E-state index in [1.165, 1.54) is 6.92 Å². The van der Waals surface area contributed by atoms with Crippen LogP contribution in [0.2, 0.25) is 0 Å². The molecule has 0 aliphatic rings. The number of hydrogen-bond acceptors (Lipinski definition) is 1. The van der Waals surface area contributed by atoms with Gasteiger partial charge in [-0.2, -0.15) is 0 Å². The quantitative estimate of drug-likeness (QED) is 0.709. The van der Waals surface area contributed by atoms with Gasteiger partial charge in [-0.1, -0.05) is 0 Å². The van der Waals surface area contributed by atoms with Crippen LogP contribution in [0.1, 0.15) is 25.0 Å². The van der Waals surface area contributed by atoms with E-state index in [2.05, 4.69) is 0 Å². The SMILES string of the molecule is CC(=N)c1cc(F)ccc1C(C)(F)F. The molecule has 0 aliphatic carbocycles. The molecule has 0 saturated carbocycles. The molecule has 0 spiro atoms. The Bertz CT molecular complexity index is 366. The van der Waals surface area contributed by atoms with Crippen LogP contribution in [-0.4, -0.2) is 5.71 Å². The van der Waals surface area contributed by atoms with Gasteiger partial charge in [0.2, 0.25) is 0 Å². The lowest BCUT2D eigenvalue weighted by Gasteiger charge is -2.14. The zero-order valence-corrected chi connectivity index (χ0v) is 7.87. The Labute approximate surface area is 80.1 Å². The van der Waals surface area contributed by atoms with Gasteiger partial charge in [-0.25, -0.2) is 13.2 Å². The Morgan fingerprint density at radius 3 is 2.36 bits per heavy atom. The normalized spacial score (nSPS) is 11.5. The molecule has 0 heterocycles. The van der Waals surface area contributed by atoms with E-state index >= 15 is 0 Å². The van der Waals surface area contributed by atoms with Gasteiger partial charge in [-0.3, -0.25) is 0 Å². The minimum absolute atomic E-state index is 0.0440. The molecule has 0 aromatic heterocycles. The summed E-state index contributed by atoms with van der Waals surface area (Å²) in [6.07, 6.45) is 0. The van der Waals surface area contributed by atoms with Gasteiger partial charge in [0.15, 0.2) is 0 Å². The van der Waals surface area contributed by atoms with Gasteiger partial charge in [0.1, 0.15) is 5.82 Å². The van der Waals surface area contributed by atoms with E-state index in [1.807, 2.05) is 0 Å². The molecular formula is C10H10F3N. The molecule has 0 unspecified atom stereocenters. The third-order valence-electron chi connectivity index (χ3n) is 1.86. The van der Waals surface area contributed by atoms with Gasteiger partial charge in [0, 0.05) is 23.8 Å². The maximum Gasteiger partial charge on any atom is 0.271 e. The first-order valence-corrected chi connectivity index (χ1v) is 4.05. The van der Waals surface area contributed by atoms with Crippen LogP contribution in [0.15, 0.2) is 18.2 Å². The number of nitrogens with one attached hydrogen (secondary N) is 1. The molecule has 0 amide bonds. The fraction of sp³-hybridized carbons (Fsp3) is 0.300. The van der Waals surface area contributed by atoms with E-state index in [4.69, 9.17) is 5.41 Å². The number of hydrogen-bond donors (Lipinski definition) is 1. The summed E-state index contributed by atoms with van der Waals surface area (Å²) in [4.78, 5) is 0. The highest BCUT2D eigenvalue weighted by molar-refractivity contribution is 5.97. The lowest BCUT2D eigenvalue weighted by molar-refractivity contribution is 0.0172. The highest BCUT2D eigenvalue weighted by Crippen LogP contribution is 2.30. The smallest absolute Gasteiger partial charge is 0.271 e. The van der Waals surface area contributed by atoms with E-state index in [9.17, 15) is 13.2 Å². The predicted octanol–water partition coefficient (Wildman–Crippen LogP) is 3.33. The minimum Gasteiger partial charge on any atom is -0.305 e. The van der Waals surface area contributed by atoms with Crippen LogP contribution in [-0.2, 0) is 5.92 Å². The second-order valence-corrected chi connectivity index (χ2v) is 3.20. The Morgan fingerprint density at radius 2 is 1.93 bits per heavy atom. The van der Waals surface area contributed by atoms with Crippen LogP contribution >= 0.6 is 0 Å². The van der Waals surface area contributed by atoms with Crippen molar-refractivity contribution < 1.29 is 13.2 Å². The summed E-state index contributed by atoms with van der Waals surface area (Å²) in [5, 5.41) is 7.25. The largest absolute Gasteiger partial charge is 0.305 e. The first-order valence-electron chi connectivity index (χ1n) is 4.05. The molecule has 1 N–H and O–H groups in total. The summed E-state index contributed by atoms with van der Waals surface area (Å²) in [5.74, 6) is -3.66. The number of alkyl halides is 2. The first-order chi connectivity index (χ1) is 6.32. The maximum atomic E-state index is 13.0. The van der Waals surface area contributed by atoms with Crippen LogP contribution in [0, 0.1) is 11.2 Å². The van der Waals surface area contributed by atoms with Gasteiger partial charge >= 0.3 is 0 Å². The molecule has 14 heavy (non-hydrogen) atoms. The van der Waals surface area contributed by atoms with E-state index in [0.29, 0.717) is 0 Å². The van der Waals surface area contributed by atoms with Crippen molar-refractivity contribution in [2.24, 2.45) is 0 Å². The summed E-state index contributed by atoms with van der Waals surface area (Å²) in [7, 11) is 0. The summed E-state index contributed by atoms with van der Waals surface area (Å²) in [5.41, 5.74) is -0.426. The molecule has 1 rings (SSSR count). The lowest BCUT2D eigenvalue weighted by atomic mass is 9.99. The molecule has 0 atom stereocenters. The van der Waals surface area contributed by atoms with Crippen molar-refractivity contribution in [3.63, 3.8) is 0 Å². The summed E-state index contributed by atoms with van der Waals surface area (Å²) >= 11 is 0. The van der Waals surface area contributed by atoms with Gasteiger partial charge in [0.05, 0.1) is 0 Å². The van der Waals surface area contributed by atoms with Crippen molar-refractivity contribution in [3.8, 4) is 0 Å². The highest BCUT2D eigenvalue weighted by Gasteiger charge is 2.28. The van der Waals surface area contributed by atoms with E-state index in [1.54, 1.807) is 0 Å². The van der Waals surface area contributed by atoms with E-state index in [0.717, 1.165) is 25.1 Å². The first kappa shape index (κ1) is 10.8. The zero-order chi connectivity index (χ0) is 10.9. The predicted molar refractivity (Wildman–Crippen MR) is 48.5 cm³/mol. The van der Waals surface area contributed by atoms with E-state index in [-0.39, 0.29) is 16.8 Å². The second-order valence-electron chi connectivity index (χ2n) is 3.20. The fourth-order valence-corrected chi connectivity index (χ4v) is 1.21. The summed E-state index contributed by atoms with van der Waals surface area (Å²) in [6, 6.07) is 2.94. The molecule has 0 saturated heterocycles.